The Bertz CT molecular complexity index is 656. The van der Waals surface area contributed by atoms with E-state index in [1.807, 2.05) is 36.4 Å². The Kier molecular flexibility index (Phi) is 5.08. The van der Waals surface area contributed by atoms with Crippen molar-refractivity contribution in [2.45, 2.75) is 19.5 Å². The maximum Gasteiger partial charge on any atom is 0.224 e. The van der Waals surface area contributed by atoms with E-state index in [0.29, 0.717) is 25.1 Å². The summed E-state index contributed by atoms with van der Waals surface area (Å²) >= 11 is 0. The summed E-state index contributed by atoms with van der Waals surface area (Å²) in [7, 11) is 0. The van der Waals surface area contributed by atoms with E-state index in [2.05, 4.69) is 11.4 Å². The van der Waals surface area contributed by atoms with Crippen LogP contribution in [0.1, 0.15) is 22.3 Å². The van der Waals surface area contributed by atoms with E-state index in [4.69, 9.17) is 11.0 Å². The first-order valence-corrected chi connectivity index (χ1v) is 6.75. The number of nitrogens with one attached hydrogen (secondary N) is 1. The summed E-state index contributed by atoms with van der Waals surface area (Å²) in [6, 6.07) is 16.9. The number of hydrogen-bond acceptors (Lipinski definition) is 3. The van der Waals surface area contributed by atoms with E-state index in [1.54, 1.807) is 12.1 Å². The summed E-state index contributed by atoms with van der Waals surface area (Å²) in [5.41, 5.74) is 9.19. The van der Waals surface area contributed by atoms with Gasteiger partial charge in [0.15, 0.2) is 0 Å². The lowest BCUT2D eigenvalue weighted by Crippen LogP contribution is -2.25. The van der Waals surface area contributed by atoms with Crippen molar-refractivity contribution in [2.24, 2.45) is 5.73 Å². The van der Waals surface area contributed by atoms with Crippen molar-refractivity contribution >= 4 is 5.91 Å². The molecule has 4 nitrogen and oxygen atoms in total. The molecule has 0 saturated carbocycles. The number of nitriles is 1. The highest BCUT2D eigenvalue weighted by Crippen LogP contribution is 2.09. The zero-order valence-corrected chi connectivity index (χ0v) is 11.7. The number of nitrogens with zero attached hydrogens (tertiary/aromatic N) is 1. The predicted octanol–water partition coefficient (Wildman–Crippen LogP) is 1.88. The zero-order valence-electron chi connectivity index (χ0n) is 11.7. The van der Waals surface area contributed by atoms with Crippen molar-refractivity contribution in [1.29, 1.82) is 5.26 Å². The summed E-state index contributed by atoms with van der Waals surface area (Å²) in [5, 5.41) is 11.6. The Morgan fingerprint density at radius 2 is 1.76 bits per heavy atom. The lowest BCUT2D eigenvalue weighted by molar-refractivity contribution is -0.120. The summed E-state index contributed by atoms with van der Waals surface area (Å²) in [6.45, 7) is 0.883. The molecule has 106 valence electrons. The van der Waals surface area contributed by atoms with Gasteiger partial charge in [-0.2, -0.15) is 5.26 Å². The van der Waals surface area contributed by atoms with Crippen molar-refractivity contribution in [3.63, 3.8) is 0 Å². The third kappa shape index (κ3) is 4.16. The Balaban J connectivity index is 1.91. The van der Waals surface area contributed by atoms with Gasteiger partial charge in [0.2, 0.25) is 5.91 Å². The number of nitrogens with two attached hydrogens (primary N) is 1. The first-order chi connectivity index (χ1) is 10.2. The van der Waals surface area contributed by atoms with E-state index in [-0.39, 0.29) is 5.91 Å². The first-order valence-electron chi connectivity index (χ1n) is 6.75. The normalized spacial score (nSPS) is 9.90. The highest BCUT2D eigenvalue weighted by molar-refractivity contribution is 5.78. The molecule has 2 aromatic carbocycles. The Morgan fingerprint density at radius 3 is 2.38 bits per heavy atom. The summed E-state index contributed by atoms with van der Waals surface area (Å²) < 4.78 is 0. The molecule has 0 unspecified atom stereocenters. The minimum atomic E-state index is -0.0414. The number of carbonyl (C=O) groups excluding carboxylic acids is 1. The number of hydrogen-bond donors (Lipinski definition) is 2. The number of amides is 1. The van der Waals surface area contributed by atoms with Crippen molar-refractivity contribution in [2.75, 3.05) is 0 Å². The molecule has 1 amide bonds. The molecule has 0 fully saturated rings. The summed E-state index contributed by atoms with van der Waals surface area (Å²) in [4.78, 5) is 12.0. The third-order valence-electron chi connectivity index (χ3n) is 3.26. The van der Waals surface area contributed by atoms with Crippen LogP contribution in [0.15, 0.2) is 48.5 Å². The summed E-state index contributed by atoms with van der Waals surface area (Å²) in [6.07, 6.45) is 0.323. The average molecular weight is 279 g/mol. The second-order valence-corrected chi connectivity index (χ2v) is 4.74. The van der Waals surface area contributed by atoms with Gasteiger partial charge < -0.3 is 11.1 Å². The molecule has 0 bridgehead atoms. The quantitative estimate of drug-likeness (QED) is 0.877. The molecule has 2 rings (SSSR count). The van der Waals surface area contributed by atoms with Gasteiger partial charge >= 0.3 is 0 Å². The van der Waals surface area contributed by atoms with E-state index in [1.165, 1.54) is 0 Å². The van der Waals surface area contributed by atoms with Gasteiger partial charge in [-0.1, -0.05) is 36.4 Å². The maximum atomic E-state index is 12.0. The Hall–Kier alpha value is -2.64. The van der Waals surface area contributed by atoms with E-state index < -0.39 is 0 Å². The fourth-order valence-corrected chi connectivity index (χ4v) is 2.06. The summed E-state index contributed by atoms with van der Waals surface area (Å²) in [5.74, 6) is -0.0414. The van der Waals surface area contributed by atoms with Gasteiger partial charge in [0.1, 0.15) is 0 Å². The van der Waals surface area contributed by atoms with Gasteiger partial charge in [0, 0.05) is 13.1 Å². The zero-order chi connectivity index (χ0) is 15.1. The molecule has 0 saturated heterocycles. The standard InChI is InChI=1S/C17H17N3O/c18-10-13-5-7-14(8-6-13)12-20-17(21)9-15-3-1-2-4-16(15)11-19/h1-8H,9,11-12,19H2,(H,20,21). The molecular formula is C17H17N3O. The van der Waals surface area contributed by atoms with Crippen LogP contribution in [0, 0.1) is 11.3 Å². The molecular weight excluding hydrogens is 262 g/mol. The topological polar surface area (TPSA) is 78.9 Å². The van der Waals surface area contributed by atoms with Crippen LogP contribution in [0.2, 0.25) is 0 Å². The molecule has 0 aliphatic heterocycles. The lowest BCUT2D eigenvalue weighted by Gasteiger charge is -2.08. The molecule has 3 N–H and O–H groups in total. The molecule has 0 heterocycles. The molecule has 2 aromatic rings. The second kappa shape index (κ2) is 7.22. The van der Waals surface area contributed by atoms with E-state index in [9.17, 15) is 4.79 Å². The minimum Gasteiger partial charge on any atom is -0.352 e. The minimum absolute atomic E-state index is 0.0414. The van der Waals surface area contributed by atoms with Crippen LogP contribution in [0.25, 0.3) is 0 Å². The molecule has 0 atom stereocenters. The van der Waals surface area contributed by atoms with Crippen LogP contribution in [0.5, 0.6) is 0 Å². The molecule has 21 heavy (non-hydrogen) atoms. The second-order valence-electron chi connectivity index (χ2n) is 4.74. The molecule has 0 aliphatic rings. The third-order valence-corrected chi connectivity index (χ3v) is 3.26. The Labute approximate surface area is 124 Å². The lowest BCUT2D eigenvalue weighted by atomic mass is 10.0. The van der Waals surface area contributed by atoms with Crippen LogP contribution >= 0.6 is 0 Å². The van der Waals surface area contributed by atoms with Crippen molar-refractivity contribution in [3.05, 3.63) is 70.8 Å². The monoisotopic (exact) mass is 279 g/mol. The van der Waals surface area contributed by atoms with Gasteiger partial charge in [0.25, 0.3) is 0 Å². The fraction of sp³-hybridized carbons (Fsp3) is 0.176. The average Bonchev–Trinajstić information content (AvgIpc) is 2.54. The highest BCUT2D eigenvalue weighted by Gasteiger charge is 2.06. The smallest absolute Gasteiger partial charge is 0.224 e. The van der Waals surface area contributed by atoms with Gasteiger partial charge in [-0.15, -0.1) is 0 Å². The Morgan fingerprint density at radius 1 is 1.10 bits per heavy atom. The van der Waals surface area contributed by atoms with Crippen molar-refractivity contribution in [3.8, 4) is 6.07 Å². The molecule has 0 radical (unpaired) electrons. The first kappa shape index (κ1) is 14.8. The van der Waals surface area contributed by atoms with Gasteiger partial charge in [-0.05, 0) is 28.8 Å². The molecule has 0 spiro atoms. The largest absolute Gasteiger partial charge is 0.352 e. The van der Waals surface area contributed by atoms with Gasteiger partial charge in [-0.25, -0.2) is 0 Å². The van der Waals surface area contributed by atoms with Crippen LogP contribution < -0.4 is 11.1 Å². The van der Waals surface area contributed by atoms with Crippen LogP contribution in [0.3, 0.4) is 0 Å². The maximum absolute atomic E-state index is 12.0. The SMILES string of the molecule is N#Cc1ccc(CNC(=O)Cc2ccccc2CN)cc1. The van der Waals surface area contributed by atoms with Crippen LogP contribution in [0.4, 0.5) is 0 Å². The van der Waals surface area contributed by atoms with Crippen molar-refractivity contribution < 1.29 is 4.79 Å². The number of benzene rings is 2. The highest BCUT2D eigenvalue weighted by atomic mass is 16.1. The number of carbonyl (C=O) groups is 1. The van der Waals surface area contributed by atoms with Crippen molar-refractivity contribution in [1.82, 2.24) is 5.32 Å². The molecule has 0 aromatic heterocycles. The predicted molar refractivity (Wildman–Crippen MR) is 81.0 cm³/mol. The van der Waals surface area contributed by atoms with E-state index in [0.717, 1.165) is 16.7 Å². The molecule has 4 heteroatoms. The van der Waals surface area contributed by atoms with Gasteiger partial charge in [-0.3, -0.25) is 4.79 Å². The van der Waals surface area contributed by atoms with Crippen LogP contribution in [-0.4, -0.2) is 5.91 Å². The van der Waals surface area contributed by atoms with Crippen LogP contribution in [-0.2, 0) is 24.3 Å². The molecule has 0 aliphatic carbocycles. The number of rotatable bonds is 5. The van der Waals surface area contributed by atoms with Gasteiger partial charge in [0.05, 0.1) is 18.1 Å². The van der Waals surface area contributed by atoms with E-state index >= 15 is 0 Å². The fourth-order valence-electron chi connectivity index (χ4n) is 2.06.